The van der Waals surface area contributed by atoms with Gasteiger partial charge in [0.15, 0.2) is 0 Å². The molecule has 1 N–H and O–H groups in total. The van der Waals surface area contributed by atoms with Crippen LogP contribution in [0, 0.1) is 10.1 Å². The number of hydrogen-bond donors (Lipinski definition) is 1. The number of nitro groups is 1. The molecule has 0 aromatic carbocycles. The van der Waals surface area contributed by atoms with E-state index < -0.39 is 4.92 Å². The molecule has 0 saturated heterocycles. The van der Waals surface area contributed by atoms with Gasteiger partial charge in [0.05, 0.1) is 11.5 Å². The van der Waals surface area contributed by atoms with Crippen LogP contribution in [-0.2, 0) is 0 Å². The second kappa shape index (κ2) is 6.41. The Labute approximate surface area is 98.7 Å². The zero-order valence-corrected chi connectivity index (χ0v) is 9.55. The molecule has 0 amide bonds. The summed E-state index contributed by atoms with van der Waals surface area (Å²) < 4.78 is 5.26. The number of aromatic nitrogens is 2. The van der Waals surface area contributed by atoms with E-state index >= 15 is 0 Å². The van der Waals surface area contributed by atoms with Crippen LogP contribution in [0.5, 0.6) is 5.88 Å². The largest absolute Gasteiger partial charge is 0.473 e. The molecule has 1 heterocycles. The number of hydrogen-bond acceptors (Lipinski definition) is 6. The van der Waals surface area contributed by atoms with Crippen molar-refractivity contribution in [1.82, 2.24) is 9.97 Å². The van der Waals surface area contributed by atoms with Crippen LogP contribution in [0.25, 0.3) is 0 Å². The molecule has 0 atom stereocenters. The van der Waals surface area contributed by atoms with Crippen molar-refractivity contribution in [2.24, 2.45) is 0 Å². The zero-order chi connectivity index (χ0) is 12.7. The summed E-state index contributed by atoms with van der Waals surface area (Å²) in [7, 11) is 1.63. The molecule has 17 heavy (non-hydrogen) atoms. The molecule has 92 valence electrons. The van der Waals surface area contributed by atoms with E-state index in [1.54, 1.807) is 13.1 Å². The molecule has 1 aromatic heterocycles. The Hall–Kier alpha value is -2.18. The summed E-state index contributed by atoms with van der Waals surface area (Å²) in [5.41, 5.74) is -0.234. The lowest BCUT2D eigenvalue weighted by Crippen LogP contribution is -2.05. The predicted molar refractivity (Wildman–Crippen MR) is 63.2 cm³/mol. The SMILES string of the molecule is C=CCCCOc1nc(NC)ncc1[N+](=O)[O-]. The highest BCUT2D eigenvalue weighted by Crippen LogP contribution is 2.24. The number of rotatable bonds is 7. The maximum absolute atomic E-state index is 10.7. The van der Waals surface area contributed by atoms with Crippen molar-refractivity contribution in [3.05, 3.63) is 29.0 Å². The Morgan fingerprint density at radius 3 is 3.06 bits per heavy atom. The molecule has 0 radical (unpaired) electrons. The number of ether oxygens (including phenoxy) is 1. The van der Waals surface area contributed by atoms with Crippen LogP contribution in [-0.4, -0.2) is 28.5 Å². The molecule has 0 bridgehead atoms. The Kier molecular flexibility index (Phi) is 4.86. The lowest BCUT2D eigenvalue weighted by Gasteiger charge is -2.05. The number of anilines is 1. The molecule has 0 aliphatic carbocycles. The van der Waals surface area contributed by atoms with E-state index in [1.165, 1.54) is 0 Å². The van der Waals surface area contributed by atoms with Crippen molar-refractivity contribution >= 4 is 11.6 Å². The third kappa shape index (κ3) is 3.71. The molecular weight excluding hydrogens is 224 g/mol. The van der Waals surface area contributed by atoms with Gasteiger partial charge in [0.25, 0.3) is 5.88 Å². The summed E-state index contributed by atoms with van der Waals surface area (Å²) in [5, 5.41) is 13.4. The number of nitrogens with zero attached hydrogens (tertiary/aromatic N) is 3. The Morgan fingerprint density at radius 2 is 2.47 bits per heavy atom. The lowest BCUT2D eigenvalue weighted by atomic mass is 10.3. The van der Waals surface area contributed by atoms with Gasteiger partial charge >= 0.3 is 5.69 Å². The van der Waals surface area contributed by atoms with Crippen LogP contribution in [0.15, 0.2) is 18.9 Å². The minimum atomic E-state index is -0.567. The van der Waals surface area contributed by atoms with Crippen molar-refractivity contribution in [2.45, 2.75) is 12.8 Å². The molecule has 0 aliphatic rings. The van der Waals surface area contributed by atoms with Crippen molar-refractivity contribution in [1.29, 1.82) is 0 Å². The lowest BCUT2D eigenvalue weighted by molar-refractivity contribution is -0.386. The second-order valence-electron chi connectivity index (χ2n) is 3.17. The van der Waals surface area contributed by atoms with Crippen LogP contribution in [0.3, 0.4) is 0 Å². The first-order valence-electron chi connectivity index (χ1n) is 5.12. The molecule has 0 aliphatic heterocycles. The maximum Gasteiger partial charge on any atom is 0.349 e. The van der Waals surface area contributed by atoms with Gasteiger partial charge < -0.3 is 10.1 Å². The minimum absolute atomic E-state index is 0.0154. The van der Waals surface area contributed by atoms with Crippen molar-refractivity contribution < 1.29 is 9.66 Å². The smallest absolute Gasteiger partial charge is 0.349 e. The van der Waals surface area contributed by atoms with Crippen LogP contribution in [0.1, 0.15) is 12.8 Å². The third-order valence-electron chi connectivity index (χ3n) is 1.95. The van der Waals surface area contributed by atoms with Gasteiger partial charge in [0, 0.05) is 7.05 Å². The Balaban J connectivity index is 2.78. The molecule has 1 aromatic rings. The van der Waals surface area contributed by atoms with Gasteiger partial charge in [-0.1, -0.05) is 6.08 Å². The van der Waals surface area contributed by atoms with Gasteiger partial charge in [-0.05, 0) is 12.8 Å². The van der Waals surface area contributed by atoms with Gasteiger partial charge in [-0.2, -0.15) is 4.98 Å². The van der Waals surface area contributed by atoms with E-state index in [9.17, 15) is 10.1 Å². The summed E-state index contributed by atoms with van der Waals surface area (Å²) in [5.74, 6) is 0.271. The number of nitrogens with one attached hydrogen (secondary N) is 1. The standard InChI is InChI=1S/C10H14N4O3/c1-3-4-5-6-17-9-8(14(15)16)7-12-10(11-2)13-9/h3,7H,1,4-6H2,2H3,(H,11,12,13). The van der Waals surface area contributed by atoms with Crippen LogP contribution < -0.4 is 10.1 Å². The first kappa shape index (κ1) is 12.9. The van der Waals surface area contributed by atoms with Gasteiger partial charge in [-0.3, -0.25) is 10.1 Å². The Bertz CT molecular complexity index is 409. The highest BCUT2D eigenvalue weighted by atomic mass is 16.6. The van der Waals surface area contributed by atoms with Crippen LogP contribution in [0.2, 0.25) is 0 Å². The summed E-state index contributed by atoms with van der Waals surface area (Å²) in [6, 6.07) is 0. The minimum Gasteiger partial charge on any atom is -0.473 e. The average Bonchev–Trinajstić information content (AvgIpc) is 2.34. The van der Waals surface area contributed by atoms with Crippen molar-refractivity contribution in [3.63, 3.8) is 0 Å². The summed E-state index contributed by atoms with van der Waals surface area (Å²) in [4.78, 5) is 17.8. The maximum atomic E-state index is 10.7. The van der Waals surface area contributed by atoms with E-state index in [0.717, 1.165) is 19.0 Å². The molecule has 0 saturated carbocycles. The zero-order valence-electron chi connectivity index (χ0n) is 9.55. The first-order chi connectivity index (χ1) is 8.19. The van der Waals surface area contributed by atoms with Crippen molar-refractivity contribution in [2.75, 3.05) is 19.0 Å². The second-order valence-corrected chi connectivity index (χ2v) is 3.17. The normalized spacial score (nSPS) is 9.71. The highest BCUT2D eigenvalue weighted by molar-refractivity contribution is 5.42. The highest BCUT2D eigenvalue weighted by Gasteiger charge is 2.18. The first-order valence-corrected chi connectivity index (χ1v) is 5.12. The van der Waals surface area contributed by atoms with Gasteiger partial charge in [-0.25, -0.2) is 4.98 Å². The molecule has 7 heteroatoms. The monoisotopic (exact) mass is 238 g/mol. The molecule has 1 rings (SSSR count). The quantitative estimate of drug-likeness (QED) is 0.337. The molecule has 0 spiro atoms. The van der Waals surface area contributed by atoms with E-state index in [4.69, 9.17) is 4.74 Å². The summed E-state index contributed by atoms with van der Waals surface area (Å²) in [6.07, 6.45) is 4.41. The summed E-state index contributed by atoms with van der Waals surface area (Å²) in [6.45, 7) is 3.93. The fourth-order valence-electron chi connectivity index (χ4n) is 1.11. The van der Waals surface area contributed by atoms with E-state index in [0.29, 0.717) is 6.61 Å². The van der Waals surface area contributed by atoms with Gasteiger partial charge in [0.2, 0.25) is 5.95 Å². The van der Waals surface area contributed by atoms with E-state index in [2.05, 4.69) is 21.9 Å². The van der Waals surface area contributed by atoms with Crippen LogP contribution >= 0.6 is 0 Å². The van der Waals surface area contributed by atoms with Crippen molar-refractivity contribution in [3.8, 4) is 5.88 Å². The average molecular weight is 238 g/mol. The van der Waals surface area contributed by atoms with Gasteiger partial charge in [0.1, 0.15) is 6.20 Å². The van der Waals surface area contributed by atoms with Crippen LogP contribution in [0.4, 0.5) is 11.6 Å². The number of allylic oxidation sites excluding steroid dienone is 1. The number of unbranched alkanes of at least 4 members (excludes halogenated alkanes) is 1. The molecular formula is C10H14N4O3. The predicted octanol–water partition coefficient (Wildman–Crippen LogP) is 1.77. The fourth-order valence-corrected chi connectivity index (χ4v) is 1.11. The third-order valence-corrected chi connectivity index (χ3v) is 1.95. The molecule has 0 fully saturated rings. The van der Waals surface area contributed by atoms with Gasteiger partial charge in [-0.15, -0.1) is 6.58 Å². The Morgan fingerprint density at radius 1 is 1.71 bits per heavy atom. The summed E-state index contributed by atoms with van der Waals surface area (Å²) >= 11 is 0. The fraction of sp³-hybridized carbons (Fsp3) is 0.400. The topological polar surface area (TPSA) is 90.2 Å². The van der Waals surface area contributed by atoms with E-state index in [-0.39, 0.29) is 17.5 Å². The molecule has 0 unspecified atom stereocenters. The molecule has 7 nitrogen and oxygen atoms in total. The van der Waals surface area contributed by atoms with E-state index in [1.807, 2.05) is 0 Å².